The molecule has 0 spiro atoms. The van der Waals surface area contributed by atoms with Crippen LogP contribution in [-0.4, -0.2) is 10.9 Å². The van der Waals surface area contributed by atoms with Crippen LogP contribution >= 0.6 is 0 Å². The molecular formula is C22H16N2O2. The highest BCUT2D eigenvalue weighted by Gasteiger charge is 2.07. The molecule has 1 heterocycles. The zero-order chi connectivity index (χ0) is 17.8. The maximum absolute atomic E-state index is 12.4. The summed E-state index contributed by atoms with van der Waals surface area (Å²) in [6.07, 6.45) is 3.05. The first-order valence-corrected chi connectivity index (χ1v) is 8.25. The van der Waals surface area contributed by atoms with E-state index in [9.17, 15) is 4.79 Å². The zero-order valence-corrected chi connectivity index (χ0v) is 13.9. The monoisotopic (exact) mass is 340 g/mol. The lowest BCUT2D eigenvalue weighted by Crippen LogP contribution is -2.11. The third-order valence-corrected chi connectivity index (χ3v) is 4.11. The quantitative estimate of drug-likeness (QED) is 0.551. The Balaban J connectivity index is 1.46. The third-order valence-electron chi connectivity index (χ3n) is 4.11. The summed E-state index contributed by atoms with van der Waals surface area (Å²) >= 11 is 0. The Kier molecular flexibility index (Phi) is 4.31. The van der Waals surface area contributed by atoms with Crippen LogP contribution < -0.4 is 5.32 Å². The highest BCUT2D eigenvalue weighted by Crippen LogP contribution is 2.22. The van der Waals surface area contributed by atoms with Gasteiger partial charge in [-0.3, -0.25) is 4.79 Å². The fraction of sp³-hybridized carbons (Fsp3) is 0. The van der Waals surface area contributed by atoms with Crippen molar-refractivity contribution < 1.29 is 9.21 Å². The number of benzene rings is 3. The van der Waals surface area contributed by atoms with Crippen LogP contribution in [0.4, 0.5) is 5.69 Å². The molecule has 0 radical (unpaired) electrons. The summed E-state index contributed by atoms with van der Waals surface area (Å²) in [6.45, 7) is 0. The molecule has 0 unspecified atom stereocenters. The molecular weight excluding hydrogens is 324 g/mol. The summed E-state index contributed by atoms with van der Waals surface area (Å²) in [6, 6.07) is 25.1. The molecule has 0 aliphatic heterocycles. The first-order valence-electron chi connectivity index (χ1n) is 8.25. The molecule has 0 fully saturated rings. The van der Waals surface area contributed by atoms with Crippen LogP contribution in [0.15, 0.2) is 95.9 Å². The van der Waals surface area contributed by atoms with Crippen LogP contribution in [0.1, 0.15) is 10.4 Å². The first kappa shape index (κ1) is 15.8. The molecule has 26 heavy (non-hydrogen) atoms. The van der Waals surface area contributed by atoms with Crippen molar-refractivity contribution in [1.82, 2.24) is 4.98 Å². The van der Waals surface area contributed by atoms with Crippen LogP contribution in [0.25, 0.3) is 22.5 Å². The summed E-state index contributed by atoms with van der Waals surface area (Å²) < 4.78 is 5.26. The second-order valence-corrected chi connectivity index (χ2v) is 5.84. The van der Waals surface area contributed by atoms with Crippen LogP contribution in [0.3, 0.4) is 0 Å². The second kappa shape index (κ2) is 7.07. The van der Waals surface area contributed by atoms with E-state index in [4.69, 9.17) is 4.42 Å². The van der Waals surface area contributed by atoms with Crippen LogP contribution in [-0.2, 0) is 0 Å². The largest absolute Gasteiger partial charge is 0.444 e. The molecule has 0 atom stereocenters. The van der Waals surface area contributed by atoms with Gasteiger partial charge in [-0.25, -0.2) is 4.98 Å². The number of hydrogen-bond donors (Lipinski definition) is 1. The normalized spacial score (nSPS) is 10.5. The minimum Gasteiger partial charge on any atom is -0.444 e. The topological polar surface area (TPSA) is 55.1 Å². The molecule has 4 aromatic rings. The summed E-state index contributed by atoms with van der Waals surface area (Å²) in [5, 5.41) is 2.90. The average molecular weight is 340 g/mol. The molecule has 0 saturated heterocycles. The Hall–Kier alpha value is -3.66. The molecule has 0 aliphatic rings. The number of oxazole rings is 1. The predicted octanol–water partition coefficient (Wildman–Crippen LogP) is 5.26. The van der Waals surface area contributed by atoms with Gasteiger partial charge in [-0.15, -0.1) is 0 Å². The van der Waals surface area contributed by atoms with Gasteiger partial charge < -0.3 is 9.73 Å². The number of rotatable bonds is 4. The van der Waals surface area contributed by atoms with E-state index in [1.54, 1.807) is 6.20 Å². The summed E-state index contributed by atoms with van der Waals surface area (Å²) in [5.74, 6) is 0.552. The summed E-state index contributed by atoms with van der Waals surface area (Å²) in [4.78, 5) is 16.3. The molecule has 4 heteroatoms. The second-order valence-electron chi connectivity index (χ2n) is 5.84. The Morgan fingerprint density at radius 1 is 0.769 bits per heavy atom. The Labute approximate surface area is 151 Å². The fourth-order valence-electron chi connectivity index (χ4n) is 2.72. The number of hydrogen-bond acceptors (Lipinski definition) is 3. The molecule has 0 saturated carbocycles. The number of amides is 1. The van der Waals surface area contributed by atoms with Gasteiger partial charge in [0.1, 0.15) is 0 Å². The van der Waals surface area contributed by atoms with Crippen molar-refractivity contribution in [2.45, 2.75) is 0 Å². The van der Waals surface area contributed by atoms with E-state index in [0.717, 1.165) is 22.4 Å². The number of carbonyl (C=O) groups is 1. The molecule has 1 N–H and O–H groups in total. The van der Waals surface area contributed by atoms with Crippen molar-refractivity contribution in [2.24, 2.45) is 0 Å². The number of aromatic nitrogens is 1. The SMILES string of the molecule is O=C(Nc1ccc(-c2cnco2)cc1)c1ccc(-c2ccccc2)cc1. The van der Waals surface area contributed by atoms with Gasteiger partial charge in [0.15, 0.2) is 12.2 Å². The molecule has 0 bridgehead atoms. The van der Waals surface area contributed by atoms with E-state index in [1.807, 2.05) is 78.9 Å². The molecule has 3 aromatic carbocycles. The van der Waals surface area contributed by atoms with Crippen molar-refractivity contribution in [3.63, 3.8) is 0 Å². The number of nitrogens with one attached hydrogen (secondary N) is 1. The summed E-state index contributed by atoms with van der Waals surface area (Å²) in [5.41, 5.74) is 4.46. The molecule has 126 valence electrons. The predicted molar refractivity (Wildman–Crippen MR) is 102 cm³/mol. The minimum absolute atomic E-state index is 0.142. The third kappa shape index (κ3) is 3.39. The molecule has 1 amide bonds. The molecule has 4 rings (SSSR count). The summed E-state index contributed by atoms with van der Waals surface area (Å²) in [7, 11) is 0. The molecule has 1 aromatic heterocycles. The Bertz CT molecular complexity index is 990. The van der Waals surface area contributed by atoms with Gasteiger partial charge in [0.25, 0.3) is 5.91 Å². The van der Waals surface area contributed by atoms with Crippen molar-refractivity contribution in [3.05, 3.63) is 97.0 Å². The smallest absolute Gasteiger partial charge is 0.255 e. The van der Waals surface area contributed by atoms with Gasteiger partial charge >= 0.3 is 0 Å². The fourth-order valence-corrected chi connectivity index (χ4v) is 2.72. The van der Waals surface area contributed by atoms with E-state index >= 15 is 0 Å². The highest BCUT2D eigenvalue weighted by atomic mass is 16.3. The number of carbonyl (C=O) groups excluding carboxylic acids is 1. The van der Waals surface area contributed by atoms with E-state index in [1.165, 1.54) is 6.39 Å². The lowest BCUT2D eigenvalue weighted by molar-refractivity contribution is 0.102. The van der Waals surface area contributed by atoms with Crippen molar-refractivity contribution in [2.75, 3.05) is 5.32 Å². The van der Waals surface area contributed by atoms with Gasteiger partial charge in [0.2, 0.25) is 0 Å². The maximum Gasteiger partial charge on any atom is 0.255 e. The Morgan fingerprint density at radius 2 is 1.42 bits per heavy atom. The zero-order valence-electron chi connectivity index (χ0n) is 13.9. The van der Waals surface area contributed by atoms with E-state index in [0.29, 0.717) is 11.3 Å². The van der Waals surface area contributed by atoms with Crippen molar-refractivity contribution in [1.29, 1.82) is 0 Å². The molecule has 0 aliphatic carbocycles. The van der Waals surface area contributed by atoms with E-state index < -0.39 is 0 Å². The van der Waals surface area contributed by atoms with Gasteiger partial charge in [-0.1, -0.05) is 42.5 Å². The molecule has 4 nitrogen and oxygen atoms in total. The van der Waals surface area contributed by atoms with Gasteiger partial charge in [-0.05, 0) is 47.5 Å². The highest BCUT2D eigenvalue weighted by molar-refractivity contribution is 6.04. The van der Waals surface area contributed by atoms with Gasteiger partial charge in [-0.2, -0.15) is 0 Å². The van der Waals surface area contributed by atoms with Crippen LogP contribution in [0, 0.1) is 0 Å². The Morgan fingerprint density at radius 3 is 2.08 bits per heavy atom. The van der Waals surface area contributed by atoms with Crippen molar-refractivity contribution in [3.8, 4) is 22.5 Å². The maximum atomic E-state index is 12.4. The van der Waals surface area contributed by atoms with E-state index in [-0.39, 0.29) is 5.91 Å². The number of nitrogens with zero attached hydrogens (tertiary/aromatic N) is 1. The van der Waals surface area contributed by atoms with E-state index in [2.05, 4.69) is 10.3 Å². The lowest BCUT2D eigenvalue weighted by atomic mass is 10.0. The van der Waals surface area contributed by atoms with Crippen molar-refractivity contribution >= 4 is 11.6 Å². The standard InChI is InChI=1S/C22H16N2O2/c25-22(19-8-6-17(7-9-19)16-4-2-1-3-5-16)24-20-12-10-18(11-13-20)21-14-23-15-26-21/h1-15H,(H,24,25). The van der Waals surface area contributed by atoms with Crippen LogP contribution in [0.2, 0.25) is 0 Å². The lowest BCUT2D eigenvalue weighted by Gasteiger charge is -2.07. The minimum atomic E-state index is -0.142. The first-order chi connectivity index (χ1) is 12.8. The van der Waals surface area contributed by atoms with Crippen LogP contribution in [0.5, 0.6) is 0 Å². The van der Waals surface area contributed by atoms with Gasteiger partial charge in [0, 0.05) is 16.8 Å². The number of anilines is 1. The van der Waals surface area contributed by atoms with Gasteiger partial charge in [0.05, 0.1) is 6.20 Å². The average Bonchev–Trinajstić information content (AvgIpc) is 3.24.